The standard InChI is InChI=1S/C18H22FN3O2/c1-24-10-2-8-22-18(23)15-11-17(13-20-12-15)21-9-7-14-3-5-16(19)6-4-14/h3-6,11-13,21H,2,7-10H2,1H3,(H,22,23). The van der Waals surface area contributed by atoms with Crippen molar-refractivity contribution in [2.45, 2.75) is 12.8 Å². The topological polar surface area (TPSA) is 63.2 Å². The maximum atomic E-state index is 12.9. The number of benzene rings is 1. The number of hydrogen-bond acceptors (Lipinski definition) is 4. The van der Waals surface area contributed by atoms with Gasteiger partial charge in [-0.1, -0.05) is 12.1 Å². The van der Waals surface area contributed by atoms with Gasteiger partial charge in [-0.05, 0) is 36.6 Å². The largest absolute Gasteiger partial charge is 0.385 e. The van der Waals surface area contributed by atoms with Crippen molar-refractivity contribution in [2.24, 2.45) is 0 Å². The van der Waals surface area contributed by atoms with Crippen molar-refractivity contribution in [1.82, 2.24) is 10.3 Å². The second-order valence-corrected chi connectivity index (χ2v) is 5.37. The number of rotatable bonds is 9. The highest BCUT2D eigenvalue weighted by Gasteiger charge is 2.06. The van der Waals surface area contributed by atoms with E-state index in [1.54, 1.807) is 31.5 Å². The number of nitrogens with one attached hydrogen (secondary N) is 2. The Morgan fingerprint density at radius 3 is 2.75 bits per heavy atom. The Labute approximate surface area is 141 Å². The average Bonchev–Trinajstić information content (AvgIpc) is 2.60. The normalized spacial score (nSPS) is 10.4. The number of anilines is 1. The van der Waals surface area contributed by atoms with E-state index in [0.29, 0.717) is 25.3 Å². The molecule has 0 saturated carbocycles. The molecule has 1 aromatic heterocycles. The Morgan fingerprint density at radius 2 is 2.00 bits per heavy atom. The minimum atomic E-state index is -0.236. The second kappa shape index (κ2) is 9.62. The van der Waals surface area contributed by atoms with E-state index >= 15 is 0 Å². The van der Waals surface area contributed by atoms with Crippen LogP contribution in [-0.4, -0.2) is 37.7 Å². The molecule has 0 bridgehead atoms. The zero-order valence-electron chi connectivity index (χ0n) is 13.7. The summed E-state index contributed by atoms with van der Waals surface area (Å²) >= 11 is 0. The van der Waals surface area contributed by atoms with Crippen molar-refractivity contribution in [3.05, 3.63) is 59.7 Å². The van der Waals surface area contributed by atoms with E-state index in [4.69, 9.17) is 4.74 Å². The molecule has 24 heavy (non-hydrogen) atoms. The zero-order chi connectivity index (χ0) is 17.2. The number of ether oxygens (including phenoxy) is 1. The predicted molar refractivity (Wildman–Crippen MR) is 91.7 cm³/mol. The molecule has 0 spiro atoms. The smallest absolute Gasteiger partial charge is 0.252 e. The van der Waals surface area contributed by atoms with Gasteiger partial charge in [-0.15, -0.1) is 0 Å². The number of carbonyl (C=O) groups excluding carboxylic acids is 1. The van der Waals surface area contributed by atoms with E-state index < -0.39 is 0 Å². The maximum Gasteiger partial charge on any atom is 0.252 e. The van der Waals surface area contributed by atoms with Crippen LogP contribution in [0.5, 0.6) is 0 Å². The molecule has 6 heteroatoms. The van der Waals surface area contributed by atoms with Gasteiger partial charge in [0, 0.05) is 39.2 Å². The van der Waals surface area contributed by atoms with Crippen LogP contribution in [-0.2, 0) is 11.2 Å². The molecule has 1 heterocycles. The summed E-state index contributed by atoms with van der Waals surface area (Å²) in [6.07, 6.45) is 4.74. The second-order valence-electron chi connectivity index (χ2n) is 5.37. The highest BCUT2D eigenvalue weighted by Crippen LogP contribution is 2.09. The number of carbonyl (C=O) groups is 1. The van der Waals surface area contributed by atoms with Gasteiger partial charge in [0.15, 0.2) is 0 Å². The fraction of sp³-hybridized carbons (Fsp3) is 0.333. The summed E-state index contributed by atoms with van der Waals surface area (Å²) in [5.74, 6) is -0.388. The Balaban J connectivity index is 1.81. The van der Waals surface area contributed by atoms with E-state index in [9.17, 15) is 9.18 Å². The van der Waals surface area contributed by atoms with Gasteiger partial charge in [-0.2, -0.15) is 0 Å². The van der Waals surface area contributed by atoms with E-state index in [0.717, 1.165) is 24.1 Å². The molecular weight excluding hydrogens is 309 g/mol. The quantitative estimate of drug-likeness (QED) is 0.694. The monoisotopic (exact) mass is 331 g/mol. The lowest BCUT2D eigenvalue weighted by Crippen LogP contribution is -2.25. The van der Waals surface area contributed by atoms with Crippen molar-refractivity contribution in [1.29, 1.82) is 0 Å². The molecule has 0 aliphatic heterocycles. The third kappa shape index (κ3) is 5.96. The van der Waals surface area contributed by atoms with E-state index in [-0.39, 0.29) is 11.7 Å². The maximum absolute atomic E-state index is 12.9. The molecule has 2 rings (SSSR count). The van der Waals surface area contributed by atoms with Crippen LogP contribution in [0.25, 0.3) is 0 Å². The molecule has 0 unspecified atom stereocenters. The summed E-state index contributed by atoms with van der Waals surface area (Å²) < 4.78 is 17.8. The molecule has 1 amide bonds. The third-order valence-electron chi connectivity index (χ3n) is 3.47. The highest BCUT2D eigenvalue weighted by molar-refractivity contribution is 5.94. The summed E-state index contributed by atoms with van der Waals surface area (Å²) in [4.78, 5) is 16.1. The Bertz CT molecular complexity index is 647. The number of nitrogens with zero attached hydrogens (tertiary/aromatic N) is 1. The van der Waals surface area contributed by atoms with Gasteiger partial charge in [0.25, 0.3) is 5.91 Å². The number of pyridine rings is 1. The summed E-state index contributed by atoms with van der Waals surface area (Å²) in [6.45, 7) is 1.85. The average molecular weight is 331 g/mol. The van der Waals surface area contributed by atoms with Crippen LogP contribution in [0.15, 0.2) is 42.7 Å². The fourth-order valence-electron chi connectivity index (χ4n) is 2.18. The van der Waals surface area contributed by atoms with Crippen molar-refractivity contribution < 1.29 is 13.9 Å². The molecular formula is C18H22FN3O2. The van der Waals surface area contributed by atoms with Crippen LogP contribution in [0.4, 0.5) is 10.1 Å². The van der Waals surface area contributed by atoms with Gasteiger partial charge in [-0.3, -0.25) is 9.78 Å². The molecule has 0 radical (unpaired) electrons. The van der Waals surface area contributed by atoms with E-state index in [2.05, 4.69) is 15.6 Å². The summed E-state index contributed by atoms with van der Waals surface area (Å²) in [5.41, 5.74) is 2.34. The van der Waals surface area contributed by atoms with Crippen molar-refractivity contribution >= 4 is 11.6 Å². The van der Waals surface area contributed by atoms with Crippen LogP contribution >= 0.6 is 0 Å². The first-order valence-corrected chi connectivity index (χ1v) is 7.89. The third-order valence-corrected chi connectivity index (χ3v) is 3.47. The molecule has 0 aliphatic carbocycles. The van der Waals surface area contributed by atoms with Gasteiger partial charge >= 0.3 is 0 Å². The summed E-state index contributed by atoms with van der Waals surface area (Å²) in [7, 11) is 1.63. The fourth-order valence-corrected chi connectivity index (χ4v) is 2.18. The van der Waals surface area contributed by atoms with Gasteiger partial charge in [0.05, 0.1) is 11.3 Å². The molecule has 0 atom stereocenters. The van der Waals surface area contributed by atoms with Crippen molar-refractivity contribution in [3.63, 3.8) is 0 Å². The van der Waals surface area contributed by atoms with Gasteiger partial charge < -0.3 is 15.4 Å². The first kappa shape index (κ1) is 17.9. The number of methoxy groups -OCH3 is 1. The molecule has 5 nitrogen and oxygen atoms in total. The van der Waals surface area contributed by atoms with Gasteiger partial charge in [-0.25, -0.2) is 4.39 Å². The van der Waals surface area contributed by atoms with Crippen LogP contribution < -0.4 is 10.6 Å². The molecule has 0 fully saturated rings. The predicted octanol–water partition coefficient (Wildman–Crippen LogP) is 2.64. The van der Waals surface area contributed by atoms with E-state index in [1.165, 1.54) is 18.3 Å². The molecule has 0 saturated heterocycles. The lowest BCUT2D eigenvalue weighted by molar-refractivity contribution is 0.0948. The number of aromatic nitrogens is 1. The van der Waals surface area contributed by atoms with Crippen molar-refractivity contribution in [2.75, 3.05) is 32.1 Å². The number of amides is 1. The Kier molecular flexibility index (Phi) is 7.17. The van der Waals surface area contributed by atoms with Crippen LogP contribution in [0, 0.1) is 5.82 Å². The molecule has 128 valence electrons. The molecule has 1 aromatic carbocycles. The Hall–Kier alpha value is -2.47. The Morgan fingerprint density at radius 1 is 1.21 bits per heavy atom. The van der Waals surface area contributed by atoms with E-state index in [1.807, 2.05) is 0 Å². The molecule has 0 aliphatic rings. The number of halogens is 1. The number of hydrogen-bond donors (Lipinski definition) is 2. The van der Waals surface area contributed by atoms with Gasteiger partial charge in [0.2, 0.25) is 0 Å². The van der Waals surface area contributed by atoms with Gasteiger partial charge in [0.1, 0.15) is 5.82 Å². The van der Waals surface area contributed by atoms with Crippen LogP contribution in [0.3, 0.4) is 0 Å². The lowest BCUT2D eigenvalue weighted by Gasteiger charge is -2.09. The first-order chi connectivity index (χ1) is 11.7. The summed E-state index contributed by atoms with van der Waals surface area (Å²) in [5, 5.41) is 6.05. The van der Waals surface area contributed by atoms with Crippen LogP contribution in [0.1, 0.15) is 22.3 Å². The minimum absolute atomic E-state index is 0.152. The minimum Gasteiger partial charge on any atom is -0.385 e. The summed E-state index contributed by atoms with van der Waals surface area (Å²) in [6, 6.07) is 8.19. The highest BCUT2D eigenvalue weighted by atomic mass is 19.1. The SMILES string of the molecule is COCCCNC(=O)c1cncc(NCCc2ccc(F)cc2)c1. The molecule has 2 N–H and O–H groups in total. The first-order valence-electron chi connectivity index (χ1n) is 7.89. The zero-order valence-corrected chi connectivity index (χ0v) is 13.7. The molecule has 2 aromatic rings. The van der Waals surface area contributed by atoms with Crippen molar-refractivity contribution in [3.8, 4) is 0 Å². The van der Waals surface area contributed by atoms with Crippen LogP contribution in [0.2, 0.25) is 0 Å². The lowest BCUT2D eigenvalue weighted by atomic mass is 10.1.